The Kier molecular flexibility index (Phi) is 5.62. The zero-order valence-corrected chi connectivity index (χ0v) is 16.9. The van der Waals surface area contributed by atoms with Gasteiger partial charge in [0, 0.05) is 11.1 Å². The average Bonchev–Trinajstić information content (AvgIpc) is 3.36. The van der Waals surface area contributed by atoms with E-state index in [9.17, 15) is 0 Å². The van der Waals surface area contributed by atoms with E-state index in [1.165, 1.54) is 0 Å². The molecule has 0 atom stereocenters. The molecule has 6 nitrogen and oxygen atoms in total. The van der Waals surface area contributed by atoms with Crippen LogP contribution in [-0.2, 0) is 0 Å². The molecule has 0 spiro atoms. The number of rotatable bonds is 7. The number of hydrogen-bond donors (Lipinski definition) is 0. The second-order valence-electron chi connectivity index (χ2n) is 6.59. The van der Waals surface area contributed by atoms with Gasteiger partial charge in [-0.05, 0) is 43.7 Å². The molecule has 0 amide bonds. The predicted molar refractivity (Wildman–Crippen MR) is 111 cm³/mol. The van der Waals surface area contributed by atoms with Crippen LogP contribution in [0.4, 0.5) is 0 Å². The summed E-state index contributed by atoms with van der Waals surface area (Å²) in [4.78, 5) is 4.54. The van der Waals surface area contributed by atoms with Gasteiger partial charge in [-0.2, -0.15) is 4.98 Å². The van der Waals surface area contributed by atoms with Crippen molar-refractivity contribution >= 4 is 11.6 Å². The number of hydrogen-bond acceptors (Lipinski definition) is 6. The summed E-state index contributed by atoms with van der Waals surface area (Å²) in [5.41, 5.74) is 2.78. The lowest BCUT2D eigenvalue weighted by atomic mass is 10.1. The van der Waals surface area contributed by atoms with E-state index < -0.39 is 0 Å². The first kappa shape index (κ1) is 19.2. The van der Waals surface area contributed by atoms with Crippen LogP contribution in [0, 0.1) is 6.92 Å². The van der Waals surface area contributed by atoms with E-state index in [0.29, 0.717) is 40.4 Å². The molecular formula is C22H20ClN3O3. The van der Waals surface area contributed by atoms with Gasteiger partial charge in [-0.3, -0.25) is 0 Å². The van der Waals surface area contributed by atoms with Crippen molar-refractivity contribution in [1.82, 2.24) is 15.3 Å². The Balaban J connectivity index is 1.62. The Labute approximate surface area is 173 Å². The Bertz CT molecular complexity index is 1100. The van der Waals surface area contributed by atoms with Crippen LogP contribution in [0.1, 0.15) is 25.5 Å². The minimum absolute atomic E-state index is 0.331. The largest absolute Gasteiger partial charge is 0.494 e. The molecule has 2 aromatic heterocycles. The van der Waals surface area contributed by atoms with Crippen LogP contribution in [0.15, 0.2) is 57.6 Å². The maximum atomic E-state index is 6.33. The third-order valence-electron chi connectivity index (χ3n) is 4.51. The highest BCUT2D eigenvalue weighted by Gasteiger charge is 2.23. The van der Waals surface area contributed by atoms with Crippen LogP contribution in [0.5, 0.6) is 5.75 Å². The third kappa shape index (κ3) is 4.03. The lowest BCUT2D eigenvalue weighted by Crippen LogP contribution is -1.96. The van der Waals surface area contributed by atoms with Gasteiger partial charge in [0.15, 0.2) is 0 Å². The van der Waals surface area contributed by atoms with Crippen molar-refractivity contribution in [3.8, 4) is 39.8 Å². The smallest absolute Gasteiger partial charge is 0.264 e. The van der Waals surface area contributed by atoms with Crippen LogP contribution < -0.4 is 4.74 Å². The van der Waals surface area contributed by atoms with Crippen molar-refractivity contribution in [2.24, 2.45) is 0 Å². The minimum Gasteiger partial charge on any atom is -0.494 e. The molecule has 0 saturated carbocycles. The fourth-order valence-electron chi connectivity index (χ4n) is 2.94. The molecule has 148 valence electrons. The summed E-state index contributed by atoms with van der Waals surface area (Å²) >= 11 is 6.33. The van der Waals surface area contributed by atoms with Gasteiger partial charge in [0.05, 0.1) is 11.6 Å². The molecule has 7 heteroatoms. The molecule has 0 radical (unpaired) electrons. The number of halogens is 1. The topological polar surface area (TPSA) is 74.2 Å². The first-order chi connectivity index (χ1) is 14.2. The summed E-state index contributed by atoms with van der Waals surface area (Å²) in [6.45, 7) is 4.64. The summed E-state index contributed by atoms with van der Waals surface area (Å²) in [5.74, 6) is 2.21. The van der Waals surface area contributed by atoms with Crippen LogP contribution >= 0.6 is 11.6 Å². The molecule has 2 heterocycles. The van der Waals surface area contributed by atoms with Gasteiger partial charge in [0.25, 0.3) is 5.89 Å². The first-order valence-electron chi connectivity index (χ1n) is 9.46. The monoisotopic (exact) mass is 409 g/mol. The van der Waals surface area contributed by atoms with Gasteiger partial charge >= 0.3 is 0 Å². The van der Waals surface area contributed by atoms with Crippen molar-refractivity contribution < 1.29 is 13.8 Å². The lowest BCUT2D eigenvalue weighted by Gasteiger charge is -2.05. The lowest BCUT2D eigenvalue weighted by molar-refractivity contribution is 0.309. The van der Waals surface area contributed by atoms with E-state index in [1.807, 2.05) is 42.5 Å². The normalized spacial score (nSPS) is 11.0. The average molecular weight is 410 g/mol. The number of aromatic nitrogens is 3. The highest BCUT2D eigenvalue weighted by molar-refractivity contribution is 6.33. The van der Waals surface area contributed by atoms with E-state index in [2.05, 4.69) is 22.2 Å². The van der Waals surface area contributed by atoms with E-state index in [4.69, 9.17) is 25.4 Å². The number of aryl methyl sites for hydroxylation is 1. The minimum atomic E-state index is 0.331. The van der Waals surface area contributed by atoms with Gasteiger partial charge in [-0.25, -0.2) is 0 Å². The molecule has 4 aromatic rings. The Morgan fingerprint density at radius 3 is 2.55 bits per heavy atom. The Morgan fingerprint density at radius 1 is 1.00 bits per heavy atom. The van der Waals surface area contributed by atoms with Gasteiger partial charge < -0.3 is 13.8 Å². The highest BCUT2D eigenvalue weighted by atomic mass is 35.5. The zero-order valence-electron chi connectivity index (χ0n) is 16.2. The van der Waals surface area contributed by atoms with Crippen molar-refractivity contribution in [3.05, 3.63) is 59.3 Å². The second kappa shape index (κ2) is 8.49. The molecule has 0 aliphatic rings. The summed E-state index contributed by atoms with van der Waals surface area (Å²) in [7, 11) is 0. The van der Waals surface area contributed by atoms with Crippen LogP contribution in [0.2, 0.25) is 5.02 Å². The summed E-state index contributed by atoms with van der Waals surface area (Å²) in [5, 5.41) is 8.83. The van der Waals surface area contributed by atoms with Crippen LogP contribution in [0.3, 0.4) is 0 Å². The number of ether oxygens (including phenoxy) is 1. The maximum absolute atomic E-state index is 6.33. The predicted octanol–water partition coefficient (Wildman–Crippen LogP) is 6.20. The molecule has 0 unspecified atom stereocenters. The quantitative estimate of drug-likeness (QED) is 0.338. The zero-order chi connectivity index (χ0) is 20.2. The van der Waals surface area contributed by atoms with E-state index in [-0.39, 0.29) is 0 Å². The van der Waals surface area contributed by atoms with Gasteiger partial charge in [0.1, 0.15) is 22.8 Å². The van der Waals surface area contributed by atoms with E-state index >= 15 is 0 Å². The standard InChI is InChI=1S/C22H20ClN3O3/c1-3-4-13-27-16-11-9-15(10-12-16)21-24-22(29-26-21)19-14(2)28-25-20(19)17-7-5-6-8-18(17)23/h5-12H,3-4,13H2,1-2H3. The van der Waals surface area contributed by atoms with Crippen LogP contribution in [-0.4, -0.2) is 21.9 Å². The fourth-order valence-corrected chi connectivity index (χ4v) is 3.16. The third-order valence-corrected chi connectivity index (χ3v) is 4.84. The Morgan fingerprint density at radius 2 is 1.79 bits per heavy atom. The fraction of sp³-hybridized carbons (Fsp3) is 0.227. The molecule has 0 aliphatic carbocycles. The second-order valence-corrected chi connectivity index (χ2v) is 7.00. The molecule has 4 rings (SSSR count). The van der Waals surface area contributed by atoms with Gasteiger partial charge in [0.2, 0.25) is 5.82 Å². The van der Waals surface area contributed by atoms with Crippen molar-refractivity contribution in [2.75, 3.05) is 6.61 Å². The molecule has 0 bridgehead atoms. The van der Waals surface area contributed by atoms with Crippen molar-refractivity contribution in [2.45, 2.75) is 26.7 Å². The van der Waals surface area contributed by atoms with Gasteiger partial charge in [-0.1, -0.05) is 53.5 Å². The van der Waals surface area contributed by atoms with E-state index in [1.54, 1.807) is 13.0 Å². The molecule has 0 aliphatic heterocycles. The number of nitrogens with zero attached hydrogens (tertiary/aromatic N) is 3. The molecule has 0 N–H and O–H groups in total. The number of unbranched alkanes of at least 4 members (excludes halogenated alkanes) is 1. The molecule has 2 aromatic carbocycles. The summed E-state index contributed by atoms with van der Waals surface area (Å²) in [6, 6.07) is 15.0. The molecule has 0 fully saturated rings. The van der Waals surface area contributed by atoms with Crippen molar-refractivity contribution in [1.29, 1.82) is 0 Å². The van der Waals surface area contributed by atoms with Crippen LogP contribution in [0.25, 0.3) is 34.1 Å². The van der Waals surface area contributed by atoms with Crippen molar-refractivity contribution in [3.63, 3.8) is 0 Å². The Hall–Kier alpha value is -3.12. The number of benzene rings is 2. The highest BCUT2D eigenvalue weighted by Crippen LogP contribution is 2.37. The summed E-state index contributed by atoms with van der Waals surface area (Å²) in [6.07, 6.45) is 2.13. The molecule has 29 heavy (non-hydrogen) atoms. The molecular weight excluding hydrogens is 390 g/mol. The SMILES string of the molecule is CCCCOc1ccc(-c2noc(-c3c(-c4ccccc4Cl)noc3C)n2)cc1. The van der Waals surface area contributed by atoms with Gasteiger partial charge in [-0.15, -0.1) is 0 Å². The summed E-state index contributed by atoms with van der Waals surface area (Å²) < 4.78 is 16.6. The molecule has 0 saturated heterocycles. The first-order valence-corrected chi connectivity index (χ1v) is 9.83. The maximum Gasteiger partial charge on any atom is 0.264 e. The van der Waals surface area contributed by atoms with E-state index in [0.717, 1.165) is 29.7 Å².